The lowest BCUT2D eigenvalue weighted by Crippen LogP contribution is -2.29. The van der Waals surface area contributed by atoms with Gasteiger partial charge in [0, 0.05) is 12.6 Å². The van der Waals surface area contributed by atoms with Crippen molar-refractivity contribution in [3.63, 3.8) is 0 Å². The summed E-state index contributed by atoms with van der Waals surface area (Å²) in [6, 6.07) is 24.5. The van der Waals surface area contributed by atoms with Crippen LogP contribution in [0.5, 0.6) is 11.5 Å². The molecule has 0 saturated heterocycles. The van der Waals surface area contributed by atoms with Gasteiger partial charge in [-0.2, -0.15) is 0 Å². The molecule has 0 aromatic heterocycles. The minimum absolute atomic E-state index is 0.182. The first-order valence-electron chi connectivity index (χ1n) is 10.0. The van der Waals surface area contributed by atoms with E-state index in [4.69, 9.17) is 9.47 Å². The van der Waals surface area contributed by atoms with E-state index >= 15 is 0 Å². The van der Waals surface area contributed by atoms with E-state index in [9.17, 15) is 10.1 Å². The molecule has 1 aliphatic heterocycles. The Labute approximate surface area is 181 Å². The summed E-state index contributed by atoms with van der Waals surface area (Å²) in [5, 5.41) is 12.0. The number of rotatable bonds is 7. The molecule has 1 heterocycles. The van der Waals surface area contributed by atoms with Crippen LogP contribution in [0.15, 0.2) is 90.6 Å². The first-order valence-corrected chi connectivity index (χ1v) is 10.0. The van der Waals surface area contributed by atoms with Gasteiger partial charge in [-0.1, -0.05) is 54.6 Å². The lowest BCUT2D eigenvalue weighted by Gasteiger charge is -2.30. The van der Waals surface area contributed by atoms with Crippen LogP contribution < -0.4 is 9.47 Å². The van der Waals surface area contributed by atoms with Crippen molar-refractivity contribution in [3.8, 4) is 11.5 Å². The normalized spacial score (nSPS) is 18.5. The highest BCUT2D eigenvalue weighted by atomic mass is 16.6. The van der Waals surface area contributed by atoms with Crippen LogP contribution in [0.3, 0.4) is 0 Å². The van der Waals surface area contributed by atoms with Crippen molar-refractivity contribution in [1.82, 2.24) is 4.90 Å². The first kappa shape index (κ1) is 20.6. The molecule has 6 heteroatoms. The van der Waals surface area contributed by atoms with E-state index in [1.54, 1.807) is 20.3 Å². The van der Waals surface area contributed by atoms with E-state index in [0.717, 1.165) is 28.2 Å². The second-order valence-electron chi connectivity index (χ2n) is 7.40. The number of ether oxygens (including phenoxy) is 2. The summed E-state index contributed by atoms with van der Waals surface area (Å²) in [7, 11) is 3.23. The Morgan fingerprint density at radius 3 is 1.90 bits per heavy atom. The van der Waals surface area contributed by atoms with Crippen molar-refractivity contribution in [2.24, 2.45) is 0 Å². The Bertz CT molecular complexity index is 1060. The summed E-state index contributed by atoms with van der Waals surface area (Å²) >= 11 is 0. The van der Waals surface area contributed by atoms with Gasteiger partial charge in [0.25, 0.3) is 5.70 Å². The topological polar surface area (TPSA) is 64.8 Å². The van der Waals surface area contributed by atoms with E-state index in [1.165, 1.54) is 0 Å². The van der Waals surface area contributed by atoms with Gasteiger partial charge in [-0.3, -0.25) is 15.0 Å². The predicted octanol–water partition coefficient (Wildman–Crippen LogP) is 5.16. The third kappa shape index (κ3) is 4.29. The molecule has 0 N–H and O–H groups in total. The standard InChI is InChI=1S/C25H24N2O4/c1-30-21-12-8-19(9-13-21)23-16-24(27(28)29)25(20-10-14-22(31-2)15-11-20)26(23)17-18-6-4-3-5-7-18/h3-16,23,25H,17H2,1-2H3/t23-,25+/m0/s1. The molecule has 0 radical (unpaired) electrons. The predicted molar refractivity (Wildman–Crippen MR) is 119 cm³/mol. The molecule has 1 aliphatic rings. The highest BCUT2D eigenvalue weighted by Gasteiger charge is 2.43. The molecule has 0 spiro atoms. The summed E-state index contributed by atoms with van der Waals surface area (Å²) in [6.45, 7) is 0.571. The second kappa shape index (κ2) is 9.02. The quantitative estimate of drug-likeness (QED) is 0.393. The highest BCUT2D eigenvalue weighted by molar-refractivity contribution is 5.39. The molecule has 0 bridgehead atoms. The molecule has 3 aromatic carbocycles. The van der Waals surface area contributed by atoms with Gasteiger partial charge in [0.15, 0.2) is 0 Å². The summed E-state index contributed by atoms with van der Waals surface area (Å²) in [5.41, 5.74) is 3.11. The number of nitrogens with zero attached hydrogens (tertiary/aromatic N) is 2. The van der Waals surface area contributed by atoms with Crippen molar-refractivity contribution in [3.05, 3.63) is 117 Å². The monoisotopic (exact) mass is 416 g/mol. The molecule has 0 amide bonds. The van der Waals surface area contributed by atoms with Gasteiger partial charge in [-0.15, -0.1) is 0 Å². The lowest BCUT2D eigenvalue weighted by molar-refractivity contribution is -0.431. The van der Waals surface area contributed by atoms with Crippen molar-refractivity contribution >= 4 is 0 Å². The SMILES string of the molecule is COc1ccc([C@@H]2C=C([N+](=O)[O-])[C@@H](c3ccc(OC)cc3)N2Cc2ccccc2)cc1. The Morgan fingerprint density at radius 2 is 1.39 bits per heavy atom. The van der Waals surface area contributed by atoms with Crippen molar-refractivity contribution < 1.29 is 14.4 Å². The minimum Gasteiger partial charge on any atom is -0.497 e. The summed E-state index contributed by atoms with van der Waals surface area (Å²) in [5.74, 6) is 1.47. The van der Waals surface area contributed by atoms with Crippen LogP contribution in [0.1, 0.15) is 28.8 Å². The molecule has 2 atom stereocenters. The molecule has 0 fully saturated rings. The van der Waals surface area contributed by atoms with Crippen LogP contribution in [0.4, 0.5) is 0 Å². The van der Waals surface area contributed by atoms with Crippen LogP contribution in [-0.4, -0.2) is 24.0 Å². The van der Waals surface area contributed by atoms with E-state index in [-0.39, 0.29) is 16.7 Å². The fraction of sp³-hybridized carbons (Fsp3) is 0.200. The van der Waals surface area contributed by atoms with Gasteiger partial charge in [0.1, 0.15) is 17.5 Å². The van der Waals surface area contributed by atoms with E-state index in [2.05, 4.69) is 4.90 Å². The number of hydrogen-bond donors (Lipinski definition) is 0. The van der Waals surface area contributed by atoms with E-state index in [1.807, 2.05) is 78.9 Å². The zero-order chi connectivity index (χ0) is 21.8. The lowest BCUT2D eigenvalue weighted by atomic mass is 10.0. The van der Waals surface area contributed by atoms with Crippen molar-refractivity contribution in [1.29, 1.82) is 0 Å². The van der Waals surface area contributed by atoms with Crippen LogP contribution >= 0.6 is 0 Å². The molecule has 158 valence electrons. The molecule has 31 heavy (non-hydrogen) atoms. The molecular formula is C25H24N2O4. The van der Waals surface area contributed by atoms with Crippen LogP contribution in [-0.2, 0) is 6.54 Å². The molecule has 0 aliphatic carbocycles. The van der Waals surface area contributed by atoms with Crippen LogP contribution in [0, 0.1) is 10.1 Å². The average Bonchev–Trinajstić information content (AvgIpc) is 3.19. The third-order valence-corrected chi connectivity index (χ3v) is 5.61. The summed E-state index contributed by atoms with van der Waals surface area (Å²) in [4.78, 5) is 13.9. The summed E-state index contributed by atoms with van der Waals surface area (Å²) in [6.07, 6.45) is 1.76. The zero-order valence-corrected chi connectivity index (χ0v) is 17.5. The Balaban J connectivity index is 1.78. The van der Waals surface area contributed by atoms with E-state index in [0.29, 0.717) is 6.54 Å². The van der Waals surface area contributed by atoms with Crippen LogP contribution in [0.25, 0.3) is 0 Å². The molecular weight excluding hydrogens is 392 g/mol. The molecule has 0 unspecified atom stereocenters. The Hall–Kier alpha value is -3.64. The maximum atomic E-state index is 12.0. The third-order valence-electron chi connectivity index (χ3n) is 5.61. The van der Waals surface area contributed by atoms with Gasteiger partial charge in [-0.25, -0.2) is 0 Å². The maximum Gasteiger partial charge on any atom is 0.265 e. The Morgan fingerprint density at radius 1 is 0.839 bits per heavy atom. The van der Waals surface area contributed by atoms with Gasteiger partial charge in [0.2, 0.25) is 0 Å². The molecule has 3 aromatic rings. The maximum absolute atomic E-state index is 12.0. The number of hydrogen-bond acceptors (Lipinski definition) is 5. The van der Waals surface area contributed by atoms with Crippen LogP contribution in [0.2, 0.25) is 0 Å². The molecule has 0 saturated carbocycles. The minimum atomic E-state index is -0.479. The van der Waals surface area contributed by atoms with E-state index < -0.39 is 6.04 Å². The van der Waals surface area contributed by atoms with Gasteiger partial charge < -0.3 is 9.47 Å². The smallest absolute Gasteiger partial charge is 0.265 e. The largest absolute Gasteiger partial charge is 0.497 e. The van der Waals surface area contributed by atoms with Gasteiger partial charge in [-0.05, 0) is 41.0 Å². The summed E-state index contributed by atoms with van der Waals surface area (Å²) < 4.78 is 10.5. The van der Waals surface area contributed by atoms with Crippen molar-refractivity contribution in [2.75, 3.05) is 14.2 Å². The van der Waals surface area contributed by atoms with Crippen molar-refractivity contribution in [2.45, 2.75) is 18.6 Å². The number of benzene rings is 3. The second-order valence-corrected chi connectivity index (χ2v) is 7.40. The van der Waals surface area contributed by atoms with Gasteiger partial charge >= 0.3 is 0 Å². The number of nitro groups is 1. The number of methoxy groups -OCH3 is 2. The highest BCUT2D eigenvalue weighted by Crippen LogP contribution is 2.45. The fourth-order valence-electron chi connectivity index (χ4n) is 4.06. The van der Waals surface area contributed by atoms with Gasteiger partial charge in [0.05, 0.1) is 25.2 Å². The average molecular weight is 416 g/mol. The fourth-order valence-corrected chi connectivity index (χ4v) is 4.06. The Kier molecular flexibility index (Phi) is 6.00. The first-order chi connectivity index (χ1) is 15.1. The molecule has 6 nitrogen and oxygen atoms in total. The molecule has 4 rings (SSSR count). The zero-order valence-electron chi connectivity index (χ0n) is 17.5.